The fourth-order valence-electron chi connectivity index (χ4n) is 2.64. The lowest BCUT2D eigenvalue weighted by molar-refractivity contribution is 0.937. The first-order chi connectivity index (χ1) is 11.4. The van der Waals surface area contributed by atoms with Gasteiger partial charge in [0.15, 0.2) is 5.69 Å². The molecular weight excluding hydrogens is 286 g/mol. The Morgan fingerprint density at radius 1 is 0.870 bits per heavy atom. The zero-order valence-electron chi connectivity index (χ0n) is 12.1. The second kappa shape index (κ2) is 5.35. The molecule has 23 heavy (non-hydrogen) atoms. The maximum Gasteiger partial charge on any atom is 0.163 e. The predicted molar refractivity (Wildman–Crippen MR) is 87.3 cm³/mol. The van der Waals surface area contributed by atoms with E-state index in [2.05, 4.69) is 38.6 Å². The van der Waals surface area contributed by atoms with Gasteiger partial charge in [0.1, 0.15) is 11.8 Å². The number of aromatic nitrogens is 4. The maximum atomic E-state index is 9.05. The standard InChI is InChI=1S/C18H11N5/c19-11-16-18(22-23-21-16)14-7-5-13(6-8-14)17-15-4-2-1-3-12(15)9-10-20-17/h1-10H,(H,21,22,23). The lowest BCUT2D eigenvalue weighted by Gasteiger charge is -2.06. The zero-order chi connectivity index (χ0) is 15.6. The molecule has 0 saturated carbocycles. The molecule has 0 spiro atoms. The van der Waals surface area contributed by atoms with Crippen LogP contribution >= 0.6 is 0 Å². The van der Waals surface area contributed by atoms with Crippen LogP contribution in [0, 0.1) is 11.3 Å². The highest BCUT2D eigenvalue weighted by molar-refractivity contribution is 5.94. The minimum atomic E-state index is 0.362. The molecule has 2 aromatic heterocycles. The molecule has 2 heterocycles. The third kappa shape index (κ3) is 2.23. The van der Waals surface area contributed by atoms with E-state index in [1.54, 1.807) is 0 Å². The Labute approximate surface area is 132 Å². The number of nitriles is 1. The van der Waals surface area contributed by atoms with Crippen LogP contribution in [0.15, 0.2) is 60.8 Å². The van der Waals surface area contributed by atoms with E-state index in [1.807, 2.05) is 48.7 Å². The van der Waals surface area contributed by atoms with Gasteiger partial charge in [0, 0.05) is 22.7 Å². The van der Waals surface area contributed by atoms with Gasteiger partial charge in [0.05, 0.1) is 5.69 Å². The van der Waals surface area contributed by atoms with E-state index < -0.39 is 0 Å². The van der Waals surface area contributed by atoms with Crippen LogP contribution in [0.4, 0.5) is 0 Å². The molecule has 0 radical (unpaired) electrons. The Kier molecular flexibility index (Phi) is 3.06. The van der Waals surface area contributed by atoms with Crippen LogP contribution in [-0.4, -0.2) is 20.4 Å². The van der Waals surface area contributed by atoms with Gasteiger partial charge in [-0.05, 0) is 11.5 Å². The van der Waals surface area contributed by atoms with Crippen molar-refractivity contribution in [2.75, 3.05) is 0 Å². The van der Waals surface area contributed by atoms with Gasteiger partial charge in [-0.25, -0.2) is 5.10 Å². The average Bonchev–Trinajstić information content (AvgIpc) is 3.10. The monoisotopic (exact) mass is 297 g/mol. The topological polar surface area (TPSA) is 78.2 Å². The lowest BCUT2D eigenvalue weighted by Crippen LogP contribution is -1.87. The first-order valence-corrected chi connectivity index (χ1v) is 7.12. The van der Waals surface area contributed by atoms with Gasteiger partial charge in [-0.2, -0.15) is 5.26 Å². The predicted octanol–water partition coefficient (Wildman–Crippen LogP) is 3.56. The number of benzene rings is 2. The van der Waals surface area contributed by atoms with Crippen LogP contribution in [-0.2, 0) is 0 Å². The second-order valence-electron chi connectivity index (χ2n) is 5.11. The Morgan fingerprint density at radius 3 is 2.39 bits per heavy atom. The van der Waals surface area contributed by atoms with Gasteiger partial charge >= 0.3 is 0 Å². The molecule has 0 bridgehead atoms. The summed E-state index contributed by atoms with van der Waals surface area (Å²) in [4.78, 5) is 4.52. The number of fused-ring (bicyclic) bond motifs is 1. The number of rotatable bonds is 2. The lowest BCUT2D eigenvalue weighted by atomic mass is 10.0. The molecule has 1 N–H and O–H groups in total. The molecule has 2 aromatic carbocycles. The van der Waals surface area contributed by atoms with Gasteiger partial charge in [0.2, 0.25) is 0 Å². The van der Waals surface area contributed by atoms with Crippen molar-refractivity contribution < 1.29 is 0 Å². The molecule has 0 unspecified atom stereocenters. The van der Waals surface area contributed by atoms with Crippen LogP contribution in [0.2, 0.25) is 0 Å². The number of pyridine rings is 1. The number of nitrogens with zero attached hydrogens (tertiary/aromatic N) is 4. The van der Waals surface area contributed by atoms with Crippen LogP contribution < -0.4 is 0 Å². The molecule has 0 aliphatic rings. The van der Waals surface area contributed by atoms with Crippen molar-refractivity contribution in [2.24, 2.45) is 0 Å². The number of hydrogen-bond donors (Lipinski definition) is 1. The molecule has 4 rings (SSSR count). The fourth-order valence-corrected chi connectivity index (χ4v) is 2.64. The minimum Gasteiger partial charge on any atom is -0.256 e. The van der Waals surface area contributed by atoms with Gasteiger partial charge in [-0.3, -0.25) is 4.98 Å². The summed E-state index contributed by atoms with van der Waals surface area (Å²) in [7, 11) is 0. The summed E-state index contributed by atoms with van der Waals surface area (Å²) in [5.74, 6) is 0. The molecule has 0 saturated heterocycles. The molecule has 108 valence electrons. The fraction of sp³-hybridized carbons (Fsp3) is 0. The molecule has 0 fully saturated rings. The highest BCUT2D eigenvalue weighted by Gasteiger charge is 2.10. The summed E-state index contributed by atoms with van der Waals surface area (Å²) in [5, 5.41) is 21.6. The van der Waals surface area contributed by atoms with E-state index in [-0.39, 0.29) is 0 Å². The third-order valence-electron chi connectivity index (χ3n) is 3.77. The summed E-state index contributed by atoms with van der Waals surface area (Å²) in [5.41, 5.74) is 3.73. The first-order valence-electron chi connectivity index (χ1n) is 7.12. The normalized spacial score (nSPS) is 10.6. The number of hydrogen-bond acceptors (Lipinski definition) is 4. The second-order valence-corrected chi connectivity index (χ2v) is 5.11. The van der Waals surface area contributed by atoms with Crippen molar-refractivity contribution in [2.45, 2.75) is 0 Å². The summed E-state index contributed by atoms with van der Waals surface area (Å²) < 4.78 is 0. The van der Waals surface area contributed by atoms with E-state index in [4.69, 9.17) is 5.26 Å². The van der Waals surface area contributed by atoms with Gasteiger partial charge in [-0.1, -0.05) is 53.7 Å². The quantitative estimate of drug-likeness (QED) is 0.613. The molecule has 0 amide bonds. The molecule has 0 aliphatic carbocycles. The van der Waals surface area contributed by atoms with E-state index in [0.717, 1.165) is 27.6 Å². The number of H-pyrrole nitrogens is 1. The Balaban J connectivity index is 1.81. The zero-order valence-corrected chi connectivity index (χ0v) is 12.1. The van der Waals surface area contributed by atoms with Crippen molar-refractivity contribution in [1.82, 2.24) is 20.4 Å². The summed E-state index contributed by atoms with van der Waals surface area (Å²) >= 11 is 0. The van der Waals surface area contributed by atoms with Gasteiger partial charge in [-0.15, -0.1) is 5.10 Å². The highest BCUT2D eigenvalue weighted by Crippen LogP contribution is 2.28. The van der Waals surface area contributed by atoms with E-state index in [9.17, 15) is 0 Å². The molecule has 0 atom stereocenters. The maximum absolute atomic E-state index is 9.05. The largest absolute Gasteiger partial charge is 0.256 e. The van der Waals surface area contributed by atoms with Crippen molar-refractivity contribution in [3.05, 3.63) is 66.5 Å². The average molecular weight is 297 g/mol. The number of aromatic amines is 1. The van der Waals surface area contributed by atoms with Crippen LogP contribution in [0.1, 0.15) is 5.69 Å². The molecule has 5 nitrogen and oxygen atoms in total. The summed E-state index contributed by atoms with van der Waals surface area (Å²) in [6.07, 6.45) is 1.82. The summed E-state index contributed by atoms with van der Waals surface area (Å²) in [6, 6.07) is 20.0. The van der Waals surface area contributed by atoms with Crippen molar-refractivity contribution in [3.8, 4) is 28.6 Å². The van der Waals surface area contributed by atoms with Gasteiger partial charge < -0.3 is 0 Å². The molecular formula is C18H11N5. The smallest absolute Gasteiger partial charge is 0.163 e. The molecule has 0 aliphatic heterocycles. The summed E-state index contributed by atoms with van der Waals surface area (Å²) in [6.45, 7) is 0. The van der Waals surface area contributed by atoms with Crippen molar-refractivity contribution in [3.63, 3.8) is 0 Å². The van der Waals surface area contributed by atoms with E-state index in [0.29, 0.717) is 11.4 Å². The van der Waals surface area contributed by atoms with Crippen molar-refractivity contribution >= 4 is 10.8 Å². The minimum absolute atomic E-state index is 0.362. The first kappa shape index (κ1) is 13.2. The Bertz CT molecular complexity index is 1020. The number of nitrogens with one attached hydrogen (secondary N) is 1. The van der Waals surface area contributed by atoms with Crippen LogP contribution in [0.5, 0.6) is 0 Å². The SMILES string of the molecule is N#Cc1[nH]nnc1-c1ccc(-c2nccc3ccccc23)cc1. The van der Waals surface area contributed by atoms with Gasteiger partial charge in [0.25, 0.3) is 0 Å². The van der Waals surface area contributed by atoms with E-state index in [1.165, 1.54) is 0 Å². The van der Waals surface area contributed by atoms with Crippen molar-refractivity contribution in [1.29, 1.82) is 5.26 Å². The van der Waals surface area contributed by atoms with E-state index >= 15 is 0 Å². The van der Waals surface area contributed by atoms with Crippen LogP contribution in [0.25, 0.3) is 33.3 Å². The molecule has 4 aromatic rings. The van der Waals surface area contributed by atoms with Crippen LogP contribution in [0.3, 0.4) is 0 Å². The highest BCUT2D eigenvalue weighted by atomic mass is 15.3. The Hall–Kier alpha value is -3.52. The molecule has 5 heteroatoms. The Morgan fingerprint density at radius 2 is 1.61 bits per heavy atom. The third-order valence-corrected chi connectivity index (χ3v) is 3.77.